The van der Waals surface area contributed by atoms with Gasteiger partial charge >= 0.3 is 0 Å². The summed E-state index contributed by atoms with van der Waals surface area (Å²) in [6, 6.07) is 5.72. The summed E-state index contributed by atoms with van der Waals surface area (Å²) in [6.07, 6.45) is 0. The fraction of sp³-hybridized carbons (Fsp3) is 0.167. The lowest BCUT2D eigenvalue weighted by Gasteiger charge is -2.07. The third-order valence-corrected chi connectivity index (χ3v) is 3.50. The van der Waals surface area contributed by atoms with Crippen molar-refractivity contribution in [3.8, 4) is 0 Å². The first-order chi connectivity index (χ1) is 9.16. The molecule has 0 unspecified atom stereocenters. The van der Waals surface area contributed by atoms with Crippen LogP contribution in [0.5, 0.6) is 0 Å². The third kappa shape index (κ3) is 1.26. The highest BCUT2D eigenvalue weighted by molar-refractivity contribution is 6.31. The van der Waals surface area contributed by atoms with Crippen LogP contribution in [-0.2, 0) is 0 Å². The smallest absolute Gasteiger partial charge is 0.207 e. The predicted octanol–water partition coefficient (Wildman–Crippen LogP) is 2.20. The van der Waals surface area contributed by atoms with Crippen molar-refractivity contribution in [1.29, 1.82) is 0 Å². The molecule has 0 amide bonds. The van der Waals surface area contributed by atoms with Gasteiger partial charge in [0.2, 0.25) is 11.3 Å². The molecule has 7 heteroatoms. The van der Waals surface area contributed by atoms with Crippen molar-refractivity contribution in [3.05, 3.63) is 34.9 Å². The summed E-state index contributed by atoms with van der Waals surface area (Å²) < 4.78 is 3.92. The second-order valence-corrected chi connectivity index (χ2v) is 4.88. The molecule has 0 aliphatic heterocycles. The second kappa shape index (κ2) is 3.42. The van der Waals surface area contributed by atoms with Crippen LogP contribution in [0.15, 0.2) is 18.2 Å². The molecule has 0 saturated carbocycles. The summed E-state index contributed by atoms with van der Waals surface area (Å²) in [5, 5.41) is 17.3. The van der Waals surface area contributed by atoms with Gasteiger partial charge in [0.1, 0.15) is 11.6 Å². The van der Waals surface area contributed by atoms with Crippen LogP contribution in [-0.4, -0.2) is 29.2 Å². The molecule has 4 rings (SSSR count). The van der Waals surface area contributed by atoms with E-state index in [2.05, 4.69) is 20.4 Å². The van der Waals surface area contributed by atoms with Gasteiger partial charge in [0, 0.05) is 5.02 Å². The van der Waals surface area contributed by atoms with E-state index in [0.29, 0.717) is 16.3 Å². The molecule has 0 aliphatic rings. The van der Waals surface area contributed by atoms with E-state index in [-0.39, 0.29) is 0 Å². The Morgan fingerprint density at radius 2 is 1.42 bits per heavy atom. The molecule has 0 bridgehead atoms. The Labute approximate surface area is 112 Å². The number of hydrogen-bond acceptors (Lipinski definition) is 4. The van der Waals surface area contributed by atoms with Crippen LogP contribution >= 0.6 is 11.6 Å². The van der Waals surface area contributed by atoms with E-state index in [9.17, 15) is 0 Å². The van der Waals surface area contributed by atoms with Gasteiger partial charge in [-0.15, -0.1) is 20.4 Å². The SMILES string of the molecule is Cc1nnc2c3nnc(C)n3c3cc(Cl)ccc3n12. The first-order valence-corrected chi connectivity index (χ1v) is 6.19. The average molecular weight is 273 g/mol. The third-order valence-electron chi connectivity index (χ3n) is 3.27. The van der Waals surface area contributed by atoms with Crippen LogP contribution in [0.2, 0.25) is 5.02 Å². The molecule has 4 aromatic rings. The van der Waals surface area contributed by atoms with Crippen LogP contribution in [0, 0.1) is 13.8 Å². The minimum absolute atomic E-state index is 0.673. The summed E-state index contributed by atoms with van der Waals surface area (Å²) in [7, 11) is 0. The molecule has 1 aromatic carbocycles. The summed E-state index contributed by atoms with van der Waals surface area (Å²) in [4.78, 5) is 0. The number of halogens is 1. The molecule has 0 radical (unpaired) electrons. The maximum Gasteiger partial charge on any atom is 0.207 e. The molecule has 6 nitrogen and oxygen atoms in total. The van der Waals surface area contributed by atoms with Crippen molar-refractivity contribution >= 4 is 33.9 Å². The highest BCUT2D eigenvalue weighted by Crippen LogP contribution is 2.24. The molecule has 0 saturated heterocycles. The first-order valence-electron chi connectivity index (χ1n) is 5.81. The quantitative estimate of drug-likeness (QED) is 0.492. The minimum atomic E-state index is 0.673. The van der Waals surface area contributed by atoms with Gasteiger partial charge < -0.3 is 0 Å². The molecule has 94 valence electrons. The Kier molecular flexibility index (Phi) is 1.92. The Morgan fingerprint density at radius 3 is 2.05 bits per heavy atom. The Bertz CT molecular complexity index is 951. The standard InChI is InChI=1S/C12H9ClN6/c1-6-14-16-11-12-17-15-7(2)19(12)10-5-8(13)3-4-9(10)18(6)11/h3-5H,1-2H3. The first kappa shape index (κ1) is 10.7. The molecule has 3 heterocycles. The highest BCUT2D eigenvalue weighted by Gasteiger charge is 2.15. The Morgan fingerprint density at radius 1 is 0.842 bits per heavy atom. The molecule has 3 aromatic heterocycles. The number of fused-ring (bicyclic) bond motifs is 6. The van der Waals surface area contributed by atoms with Crippen LogP contribution < -0.4 is 0 Å². The maximum absolute atomic E-state index is 6.11. The van der Waals surface area contributed by atoms with Gasteiger partial charge in [-0.05, 0) is 32.0 Å². The summed E-state index contributed by atoms with van der Waals surface area (Å²) >= 11 is 6.11. The van der Waals surface area contributed by atoms with Gasteiger partial charge in [0.05, 0.1) is 11.0 Å². The topological polar surface area (TPSA) is 60.4 Å². The van der Waals surface area contributed by atoms with Gasteiger partial charge in [0.15, 0.2) is 0 Å². The van der Waals surface area contributed by atoms with E-state index < -0.39 is 0 Å². The van der Waals surface area contributed by atoms with E-state index >= 15 is 0 Å². The lowest BCUT2D eigenvalue weighted by Crippen LogP contribution is -1.99. The normalized spacial score (nSPS) is 11.9. The Hall–Kier alpha value is -2.21. The van der Waals surface area contributed by atoms with Gasteiger partial charge in [-0.1, -0.05) is 11.6 Å². The molecular formula is C12H9ClN6. The zero-order valence-corrected chi connectivity index (χ0v) is 11.0. The van der Waals surface area contributed by atoms with Crippen molar-refractivity contribution in [2.45, 2.75) is 13.8 Å². The zero-order chi connectivity index (χ0) is 13.1. The number of nitrogens with zero attached hydrogens (tertiary/aromatic N) is 6. The van der Waals surface area contributed by atoms with E-state index in [4.69, 9.17) is 11.6 Å². The molecule has 0 aliphatic carbocycles. The van der Waals surface area contributed by atoms with Crippen LogP contribution in [0.4, 0.5) is 0 Å². The number of aromatic nitrogens is 6. The predicted molar refractivity (Wildman–Crippen MR) is 71.5 cm³/mol. The van der Waals surface area contributed by atoms with Gasteiger partial charge in [0.25, 0.3) is 0 Å². The summed E-state index contributed by atoms with van der Waals surface area (Å²) in [5.41, 5.74) is 3.32. The van der Waals surface area contributed by atoms with Crippen molar-refractivity contribution < 1.29 is 0 Å². The van der Waals surface area contributed by atoms with Crippen LogP contribution in [0.1, 0.15) is 11.6 Å². The number of rotatable bonds is 0. The van der Waals surface area contributed by atoms with Crippen molar-refractivity contribution in [2.75, 3.05) is 0 Å². The van der Waals surface area contributed by atoms with Crippen molar-refractivity contribution in [3.63, 3.8) is 0 Å². The number of aryl methyl sites for hydroxylation is 2. The monoisotopic (exact) mass is 272 g/mol. The van der Waals surface area contributed by atoms with E-state index in [0.717, 1.165) is 22.7 Å². The number of benzene rings is 1. The average Bonchev–Trinajstić information content (AvgIpc) is 2.94. The van der Waals surface area contributed by atoms with Crippen molar-refractivity contribution in [2.24, 2.45) is 0 Å². The lowest BCUT2D eigenvalue weighted by molar-refractivity contribution is 1.01. The summed E-state index contributed by atoms with van der Waals surface area (Å²) in [5.74, 6) is 1.61. The molecular weight excluding hydrogens is 264 g/mol. The molecule has 0 spiro atoms. The van der Waals surface area contributed by atoms with E-state index in [1.54, 1.807) is 0 Å². The van der Waals surface area contributed by atoms with E-state index in [1.807, 2.05) is 40.8 Å². The fourth-order valence-electron chi connectivity index (χ4n) is 2.46. The van der Waals surface area contributed by atoms with Gasteiger partial charge in [-0.25, -0.2) is 0 Å². The van der Waals surface area contributed by atoms with Crippen LogP contribution in [0.3, 0.4) is 0 Å². The summed E-state index contributed by atoms with van der Waals surface area (Å²) in [6.45, 7) is 3.81. The maximum atomic E-state index is 6.11. The molecule has 0 fully saturated rings. The second-order valence-electron chi connectivity index (χ2n) is 4.45. The molecule has 0 atom stereocenters. The number of hydrogen-bond donors (Lipinski definition) is 0. The molecule has 19 heavy (non-hydrogen) atoms. The Balaban J connectivity index is 2.46. The minimum Gasteiger partial charge on any atom is -0.274 e. The highest BCUT2D eigenvalue weighted by atomic mass is 35.5. The van der Waals surface area contributed by atoms with Crippen LogP contribution in [0.25, 0.3) is 22.3 Å². The lowest BCUT2D eigenvalue weighted by atomic mass is 10.3. The van der Waals surface area contributed by atoms with Gasteiger partial charge in [-0.2, -0.15) is 0 Å². The fourth-order valence-corrected chi connectivity index (χ4v) is 2.62. The largest absolute Gasteiger partial charge is 0.274 e. The van der Waals surface area contributed by atoms with Crippen molar-refractivity contribution in [1.82, 2.24) is 29.2 Å². The molecule has 0 N–H and O–H groups in total. The zero-order valence-electron chi connectivity index (χ0n) is 10.3. The van der Waals surface area contributed by atoms with E-state index in [1.165, 1.54) is 0 Å². The van der Waals surface area contributed by atoms with Gasteiger partial charge in [-0.3, -0.25) is 8.80 Å².